The Kier molecular flexibility index (Phi) is 4.03. The molecular formula is C17H23N. The standard InChI is InChI=1S/C17H23N/c1-4-11-17(2,3)18-13-14-9-10-15-7-5-6-8-16(15)12-14/h5-10,12,18H,4,11,13H2,1-3H3. The summed E-state index contributed by atoms with van der Waals surface area (Å²) in [5.74, 6) is 0. The quantitative estimate of drug-likeness (QED) is 0.812. The monoisotopic (exact) mass is 241 g/mol. The fourth-order valence-electron chi connectivity index (χ4n) is 2.40. The first-order valence-corrected chi connectivity index (χ1v) is 6.83. The zero-order valence-corrected chi connectivity index (χ0v) is 11.7. The van der Waals surface area contributed by atoms with Crippen molar-refractivity contribution >= 4 is 10.8 Å². The second-order valence-electron chi connectivity index (χ2n) is 5.67. The molecule has 0 aliphatic carbocycles. The first-order valence-electron chi connectivity index (χ1n) is 6.83. The molecule has 0 unspecified atom stereocenters. The van der Waals surface area contributed by atoms with E-state index in [1.54, 1.807) is 0 Å². The molecule has 2 rings (SSSR count). The third-order valence-electron chi connectivity index (χ3n) is 3.46. The maximum absolute atomic E-state index is 3.64. The largest absolute Gasteiger partial charge is 0.308 e. The Labute approximate surface area is 110 Å². The minimum absolute atomic E-state index is 0.223. The molecular weight excluding hydrogens is 218 g/mol. The summed E-state index contributed by atoms with van der Waals surface area (Å²) in [5.41, 5.74) is 1.58. The first-order chi connectivity index (χ1) is 8.61. The summed E-state index contributed by atoms with van der Waals surface area (Å²) >= 11 is 0. The van der Waals surface area contributed by atoms with E-state index in [2.05, 4.69) is 68.6 Å². The van der Waals surface area contributed by atoms with E-state index in [0.29, 0.717) is 0 Å². The molecule has 96 valence electrons. The second kappa shape index (κ2) is 5.53. The van der Waals surface area contributed by atoms with Crippen LogP contribution in [-0.4, -0.2) is 5.54 Å². The van der Waals surface area contributed by atoms with Gasteiger partial charge in [-0.3, -0.25) is 0 Å². The van der Waals surface area contributed by atoms with Gasteiger partial charge in [0.15, 0.2) is 0 Å². The Morgan fingerprint density at radius 2 is 1.72 bits per heavy atom. The van der Waals surface area contributed by atoms with Gasteiger partial charge in [0, 0.05) is 12.1 Å². The molecule has 18 heavy (non-hydrogen) atoms. The molecule has 2 aromatic rings. The molecule has 0 radical (unpaired) electrons. The van der Waals surface area contributed by atoms with E-state index in [-0.39, 0.29) is 5.54 Å². The predicted molar refractivity (Wildman–Crippen MR) is 79.8 cm³/mol. The zero-order chi connectivity index (χ0) is 13.0. The van der Waals surface area contributed by atoms with E-state index < -0.39 is 0 Å². The smallest absolute Gasteiger partial charge is 0.0210 e. The van der Waals surface area contributed by atoms with Gasteiger partial charge in [-0.2, -0.15) is 0 Å². The SMILES string of the molecule is CCCC(C)(C)NCc1ccc2ccccc2c1. The van der Waals surface area contributed by atoms with E-state index >= 15 is 0 Å². The molecule has 0 aliphatic heterocycles. The highest BCUT2D eigenvalue weighted by atomic mass is 14.9. The molecule has 0 saturated heterocycles. The minimum atomic E-state index is 0.223. The molecule has 2 aromatic carbocycles. The van der Waals surface area contributed by atoms with Crippen LogP contribution in [0, 0.1) is 0 Å². The van der Waals surface area contributed by atoms with E-state index in [9.17, 15) is 0 Å². The highest BCUT2D eigenvalue weighted by Crippen LogP contribution is 2.17. The van der Waals surface area contributed by atoms with Gasteiger partial charge >= 0.3 is 0 Å². The minimum Gasteiger partial charge on any atom is -0.308 e. The van der Waals surface area contributed by atoms with Gasteiger partial charge in [0.2, 0.25) is 0 Å². The molecule has 0 aromatic heterocycles. The molecule has 0 amide bonds. The molecule has 0 spiro atoms. The van der Waals surface area contributed by atoms with Crippen molar-refractivity contribution in [2.75, 3.05) is 0 Å². The van der Waals surface area contributed by atoms with Crippen molar-refractivity contribution in [1.29, 1.82) is 0 Å². The summed E-state index contributed by atoms with van der Waals surface area (Å²) in [6, 6.07) is 15.2. The van der Waals surface area contributed by atoms with Crippen molar-refractivity contribution in [3.8, 4) is 0 Å². The number of fused-ring (bicyclic) bond motifs is 1. The van der Waals surface area contributed by atoms with Crippen LogP contribution in [-0.2, 0) is 6.54 Å². The van der Waals surface area contributed by atoms with Crippen LogP contribution in [0.3, 0.4) is 0 Å². The average molecular weight is 241 g/mol. The summed E-state index contributed by atoms with van der Waals surface area (Å²) in [6.45, 7) is 7.73. The van der Waals surface area contributed by atoms with Crippen molar-refractivity contribution in [3.63, 3.8) is 0 Å². The van der Waals surface area contributed by atoms with Gasteiger partial charge in [-0.15, -0.1) is 0 Å². The lowest BCUT2D eigenvalue weighted by Gasteiger charge is -2.26. The number of hydrogen-bond acceptors (Lipinski definition) is 1. The lowest BCUT2D eigenvalue weighted by atomic mass is 9.98. The summed E-state index contributed by atoms with van der Waals surface area (Å²) in [5, 5.41) is 6.28. The Balaban J connectivity index is 2.08. The van der Waals surface area contributed by atoms with Crippen molar-refractivity contribution in [1.82, 2.24) is 5.32 Å². The molecule has 0 fully saturated rings. The van der Waals surface area contributed by atoms with Gasteiger partial charge in [0.25, 0.3) is 0 Å². The van der Waals surface area contributed by atoms with Gasteiger partial charge in [-0.25, -0.2) is 0 Å². The fourth-order valence-corrected chi connectivity index (χ4v) is 2.40. The third-order valence-corrected chi connectivity index (χ3v) is 3.46. The predicted octanol–water partition coefficient (Wildman–Crippen LogP) is 4.51. The van der Waals surface area contributed by atoms with Crippen molar-refractivity contribution < 1.29 is 0 Å². The summed E-state index contributed by atoms with van der Waals surface area (Å²) in [4.78, 5) is 0. The summed E-state index contributed by atoms with van der Waals surface area (Å²) in [7, 11) is 0. The van der Waals surface area contributed by atoms with Crippen molar-refractivity contribution in [2.45, 2.75) is 45.7 Å². The molecule has 0 saturated carbocycles. The average Bonchev–Trinajstić information content (AvgIpc) is 2.36. The van der Waals surface area contributed by atoms with Crippen molar-refractivity contribution in [3.05, 3.63) is 48.0 Å². The molecule has 1 N–H and O–H groups in total. The Morgan fingerprint density at radius 3 is 2.44 bits per heavy atom. The summed E-state index contributed by atoms with van der Waals surface area (Å²) in [6.07, 6.45) is 2.43. The van der Waals surface area contributed by atoms with Gasteiger partial charge in [0.1, 0.15) is 0 Å². The summed E-state index contributed by atoms with van der Waals surface area (Å²) < 4.78 is 0. The van der Waals surface area contributed by atoms with Gasteiger partial charge in [-0.05, 0) is 42.7 Å². The highest BCUT2D eigenvalue weighted by molar-refractivity contribution is 5.82. The first kappa shape index (κ1) is 13.1. The van der Waals surface area contributed by atoms with Crippen LogP contribution in [0.4, 0.5) is 0 Å². The van der Waals surface area contributed by atoms with Gasteiger partial charge < -0.3 is 5.32 Å². The molecule has 1 nitrogen and oxygen atoms in total. The van der Waals surface area contributed by atoms with E-state index in [0.717, 1.165) is 6.54 Å². The van der Waals surface area contributed by atoms with Crippen LogP contribution < -0.4 is 5.32 Å². The topological polar surface area (TPSA) is 12.0 Å². The van der Waals surface area contributed by atoms with E-state index in [1.165, 1.54) is 29.2 Å². The molecule has 0 atom stereocenters. The van der Waals surface area contributed by atoms with Gasteiger partial charge in [0.05, 0.1) is 0 Å². The molecule has 1 heteroatoms. The van der Waals surface area contributed by atoms with Crippen LogP contribution in [0.25, 0.3) is 10.8 Å². The third kappa shape index (κ3) is 3.33. The van der Waals surface area contributed by atoms with Crippen LogP contribution in [0.2, 0.25) is 0 Å². The van der Waals surface area contributed by atoms with Gasteiger partial charge in [-0.1, -0.05) is 49.7 Å². The van der Waals surface area contributed by atoms with Crippen LogP contribution >= 0.6 is 0 Å². The number of nitrogens with one attached hydrogen (secondary N) is 1. The molecule has 0 bridgehead atoms. The lowest BCUT2D eigenvalue weighted by molar-refractivity contribution is 0.357. The second-order valence-corrected chi connectivity index (χ2v) is 5.67. The van der Waals surface area contributed by atoms with E-state index in [4.69, 9.17) is 0 Å². The van der Waals surface area contributed by atoms with E-state index in [1.807, 2.05) is 0 Å². The van der Waals surface area contributed by atoms with Crippen LogP contribution in [0.15, 0.2) is 42.5 Å². The molecule has 0 heterocycles. The van der Waals surface area contributed by atoms with Crippen molar-refractivity contribution in [2.24, 2.45) is 0 Å². The maximum atomic E-state index is 3.64. The maximum Gasteiger partial charge on any atom is 0.0210 e. The van der Waals surface area contributed by atoms with Crippen LogP contribution in [0.5, 0.6) is 0 Å². The van der Waals surface area contributed by atoms with Crippen LogP contribution in [0.1, 0.15) is 39.2 Å². The number of rotatable bonds is 5. The molecule has 0 aliphatic rings. The number of benzene rings is 2. The Hall–Kier alpha value is -1.34. The highest BCUT2D eigenvalue weighted by Gasteiger charge is 2.14. The zero-order valence-electron chi connectivity index (χ0n) is 11.7. The number of hydrogen-bond donors (Lipinski definition) is 1. The lowest BCUT2D eigenvalue weighted by Crippen LogP contribution is -2.38. The fraction of sp³-hybridized carbons (Fsp3) is 0.412. The normalized spacial score (nSPS) is 11.9. The Morgan fingerprint density at radius 1 is 1.00 bits per heavy atom. The Bertz CT molecular complexity index is 514.